The number of rotatable bonds is 4. The summed E-state index contributed by atoms with van der Waals surface area (Å²) in [5.41, 5.74) is 0.949. The van der Waals surface area contributed by atoms with E-state index in [1.165, 1.54) is 12.1 Å². The van der Waals surface area contributed by atoms with Crippen LogP contribution in [0.15, 0.2) is 16.6 Å². The minimum atomic E-state index is -4.19. The number of halogens is 6. The predicted octanol–water partition coefficient (Wildman–Crippen LogP) is 5.02. The van der Waals surface area contributed by atoms with Crippen LogP contribution in [0, 0.1) is 5.82 Å². The first-order valence-corrected chi connectivity index (χ1v) is 7.11. The highest BCUT2D eigenvalue weighted by molar-refractivity contribution is 9.10. The van der Waals surface area contributed by atoms with Gasteiger partial charge in [-0.05, 0) is 28.4 Å². The van der Waals surface area contributed by atoms with Crippen LogP contribution in [-0.2, 0) is 12.4 Å². The topological polar surface area (TPSA) is 17.8 Å². The van der Waals surface area contributed by atoms with Gasteiger partial charge in [-0.2, -0.15) is 13.2 Å². The van der Waals surface area contributed by atoms with E-state index in [-0.39, 0.29) is 23.3 Å². The van der Waals surface area contributed by atoms with Crippen molar-refractivity contribution in [2.45, 2.75) is 31.4 Å². The molecule has 0 saturated heterocycles. The smallest absolute Gasteiger partial charge is 0.327 e. The summed E-state index contributed by atoms with van der Waals surface area (Å²) in [5, 5.41) is 0. The molecular formula is C12H10BrClF4N2. The van der Waals surface area contributed by atoms with Gasteiger partial charge in [0.1, 0.15) is 11.6 Å². The van der Waals surface area contributed by atoms with Gasteiger partial charge in [0, 0.05) is 19.0 Å². The second-order valence-corrected chi connectivity index (χ2v) is 5.41. The van der Waals surface area contributed by atoms with E-state index in [0.717, 1.165) is 0 Å². The Balaban J connectivity index is 2.33. The zero-order chi connectivity index (χ0) is 14.9. The third-order valence-electron chi connectivity index (χ3n) is 2.83. The first kappa shape index (κ1) is 15.6. The largest absolute Gasteiger partial charge is 0.389 e. The summed E-state index contributed by atoms with van der Waals surface area (Å²) in [5.74, 6) is 0.0137. The summed E-state index contributed by atoms with van der Waals surface area (Å²) >= 11 is 8.79. The van der Waals surface area contributed by atoms with Crippen molar-refractivity contribution in [2.24, 2.45) is 0 Å². The summed E-state index contributed by atoms with van der Waals surface area (Å²) in [7, 11) is 0. The number of aryl methyl sites for hydroxylation is 1. The number of nitrogens with zero attached hydrogens (tertiary/aromatic N) is 2. The van der Waals surface area contributed by atoms with E-state index < -0.39 is 18.4 Å². The molecular weight excluding hydrogens is 363 g/mol. The molecule has 0 aliphatic heterocycles. The lowest BCUT2D eigenvalue weighted by atomic mass is 10.2. The van der Waals surface area contributed by atoms with Crippen LogP contribution in [0.1, 0.15) is 18.7 Å². The van der Waals surface area contributed by atoms with E-state index in [0.29, 0.717) is 16.9 Å². The predicted molar refractivity (Wildman–Crippen MR) is 72.2 cm³/mol. The van der Waals surface area contributed by atoms with Gasteiger partial charge in [0.05, 0.1) is 21.4 Å². The molecule has 2 nitrogen and oxygen atoms in total. The highest BCUT2D eigenvalue weighted by Crippen LogP contribution is 2.27. The van der Waals surface area contributed by atoms with E-state index in [1.54, 1.807) is 4.57 Å². The molecule has 20 heavy (non-hydrogen) atoms. The van der Waals surface area contributed by atoms with Crippen molar-refractivity contribution in [3.05, 3.63) is 28.2 Å². The highest BCUT2D eigenvalue weighted by Gasteiger charge is 2.26. The Hall–Kier alpha value is -0.820. The maximum atomic E-state index is 13.4. The van der Waals surface area contributed by atoms with Gasteiger partial charge in [0.2, 0.25) is 0 Å². The molecule has 0 N–H and O–H groups in total. The monoisotopic (exact) mass is 372 g/mol. The van der Waals surface area contributed by atoms with Gasteiger partial charge < -0.3 is 4.57 Å². The zero-order valence-electron chi connectivity index (χ0n) is 10.1. The van der Waals surface area contributed by atoms with Crippen molar-refractivity contribution in [3.8, 4) is 0 Å². The number of benzene rings is 1. The van der Waals surface area contributed by atoms with Crippen LogP contribution in [0.4, 0.5) is 17.6 Å². The molecule has 8 heteroatoms. The van der Waals surface area contributed by atoms with Gasteiger partial charge in [-0.1, -0.05) is 0 Å². The quantitative estimate of drug-likeness (QED) is 0.543. The molecule has 2 aromatic rings. The fourth-order valence-electron chi connectivity index (χ4n) is 1.96. The molecule has 0 atom stereocenters. The van der Waals surface area contributed by atoms with Gasteiger partial charge in [0.25, 0.3) is 0 Å². The van der Waals surface area contributed by atoms with Gasteiger partial charge in [0.15, 0.2) is 0 Å². The third-order valence-corrected chi connectivity index (χ3v) is 3.68. The Morgan fingerprint density at radius 3 is 2.60 bits per heavy atom. The van der Waals surface area contributed by atoms with Crippen molar-refractivity contribution in [1.29, 1.82) is 0 Å². The van der Waals surface area contributed by atoms with Crippen molar-refractivity contribution >= 4 is 38.6 Å². The zero-order valence-corrected chi connectivity index (χ0v) is 12.5. The molecule has 0 aliphatic rings. The number of fused-ring (bicyclic) bond motifs is 1. The van der Waals surface area contributed by atoms with E-state index in [9.17, 15) is 17.6 Å². The SMILES string of the molecule is Fc1cc2nc(CCl)n(CCCC(F)(F)F)c2cc1Br. The Bertz CT molecular complexity index is 624. The minimum Gasteiger partial charge on any atom is -0.327 e. The van der Waals surface area contributed by atoms with E-state index in [1.807, 2.05) is 0 Å². The normalized spacial score (nSPS) is 12.3. The fraction of sp³-hybridized carbons (Fsp3) is 0.417. The Kier molecular flexibility index (Phi) is 4.59. The molecule has 0 bridgehead atoms. The Morgan fingerprint density at radius 2 is 2.00 bits per heavy atom. The van der Waals surface area contributed by atoms with Crippen LogP contribution in [0.25, 0.3) is 11.0 Å². The molecule has 1 aromatic carbocycles. The van der Waals surface area contributed by atoms with Crippen LogP contribution in [0.2, 0.25) is 0 Å². The van der Waals surface area contributed by atoms with Crippen molar-refractivity contribution in [1.82, 2.24) is 9.55 Å². The molecule has 110 valence electrons. The summed E-state index contributed by atoms with van der Waals surface area (Å²) in [6.45, 7) is 0.135. The lowest BCUT2D eigenvalue weighted by Crippen LogP contribution is -2.10. The average molecular weight is 374 g/mol. The molecule has 0 amide bonds. The van der Waals surface area contributed by atoms with Gasteiger partial charge >= 0.3 is 6.18 Å². The molecule has 0 unspecified atom stereocenters. The van der Waals surface area contributed by atoms with Gasteiger partial charge in [-0.3, -0.25) is 0 Å². The number of aromatic nitrogens is 2. The van der Waals surface area contributed by atoms with Gasteiger partial charge in [-0.15, -0.1) is 11.6 Å². The van der Waals surface area contributed by atoms with Crippen molar-refractivity contribution in [3.63, 3.8) is 0 Å². The molecule has 0 radical (unpaired) electrons. The summed E-state index contributed by atoms with van der Waals surface area (Å²) in [4.78, 5) is 4.14. The number of hydrogen-bond acceptors (Lipinski definition) is 1. The van der Waals surface area contributed by atoms with E-state index >= 15 is 0 Å². The van der Waals surface area contributed by atoms with Crippen molar-refractivity contribution < 1.29 is 17.6 Å². The number of hydrogen-bond donors (Lipinski definition) is 0. The average Bonchev–Trinajstić information content (AvgIpc) is 2.66. The third kappa shape index (κ3) is 3.44. The second kappa shape index (κ2) is 5.89. The highest BCUT2D eigenvalue weighted by atomic mass is 79.9. The first-order chi connectivity index (χ1) is 9.31. The Morgan fingerprint density at radius 1 is 1.30 bits per heavy atom. The standard InChI is InChI=1S/C12H10BrClF4N2/c13-7-4-10-9(5-8(7)15)19-11(6-14)20(10)3-1-2-12(16,17)18/h4-5H,1-3,6H2. The van der Waals surface area contributed by atoms with Crippen LogP contribution < -0.4 is 0 Å². The maximum absolute atomic E-state index is 13.4. The number of imidazole rings is 1. The molecule has 0 fully saturated rings. The summed E-state index contributed by atoms with van der Waals surface area (Å²) in [6.07, 6.45) is -5.14. The molecule has 1 aromatic heterocycles. The summed E-state index contributed by atoms with van der Waals surface area (Å²) < 4.78 is 51.8. The van der Waals surface area contributed by atoms with Crippen molar-refractivity contribution in [2.75, 3.05) is 0 Å². The molecule has 0 spiro atoms. The molecule has 1 heterocycles. The number of alkyl halides is 4. The molecule has 0 aliphatic carbocycles. The van der Waals surface area contributed by atoms with E-state index in [4.69, 9.17) is 11.6 Å². The minimum absolute atomic E-state index is 0.0555. The van der Waals surface area contributed by atoms with Crippen LogP contribution >= 0.6 is 27.5 Å². The molecule has 2 rings (SSSR count). The first-order valence-electron chi connectivity index (χ1n) is 5.78. The van der Waals surface area contributed by atoms with E-state index in [2.05, 4.69) is 20.9 Å². The lowest BCUT2D eigenvalue weighted by Gasteiger charge is -2.09. The lowest BCUT2D eigenvalue weighted by molar-refractivity contribution is -0.135. The summed E-state index contributed by atoms with van der Waals surface area (Å²) in [6, 6.07) is 2.73. The molecule has 0 saturated carbocycles. The fourth-order valence-corrected chi connectivity index (χ4v) is 2.49. The van der Waals surface area contributed by atoms with Crippen LogP contribution in [0.5, 0.6) is 0 Å². The van der Waals surface area contributed by atoms with Crippen LogP contribution in [0.3, 0.4) is 0 Å². The maximum Gasteiger partial charge on any atom is 0.389 e. The van der Waals surface area contributed by atoms with Crippen LogP contribution in [-0.4, -0.2) is 15.7 Å². The second-order valence-electron chi connectivity index (χ2n) is 4.29. The Labute approximate surface area is 125 Å². The van der Waals surface area contributed by atoms with Gasteiger partial charge in [-0.25, -0.2) is 9.37 Å².